The second-order valence-corrected chi connectivity index (χ2v) is 4.31. The van der Waals surface area contributed by atoms with Crippen LogP contribution in [-0.4, -0.2) is 38.4 Å². The van der Waals surface area contributed by atoms with Crippen molar-refractivity contribution in [3.8, 4) is 0 Å². The second-order valence-electron chi connectivity index (χ2n) is 4.31. The molecular weight excluding hydrogens is 232 g/mol. The second kappa shape index (κ2) is 4.59. The molecule has 3 rings (SSSR count). The molecule has 1 amide bonds. The normalized spacial score (nSPS) is 20.4. The van der Waals surface area contributed by atoms with Gasteiger partial charge in [-0.1, -0.05) is 0 Å². The first-order valence-electron chi connectivity index (χ1n) is 6.03. The molecule has 1 atom stereocenters. The maximum atomic E-state index is 11.9. The topological polar surface area (TPSA) is 95.6 Å². The molecule has 18 heavy (non-hydrogen) atoms. The quantitative estimate of drug-likeness (QED) is 0.714. The first-order chi connectivity index (χ1) is 8.84. The SMILES string of the molecule is O=C1NCCCC[C@@H]1Nc1ncnc2nc[nH]c12. The van der Waals surface area contributed by atoms with Crippen molar-refractivity contribution in [3.63, 3.8) is 0 Å². The van der Waals surface area contributed by atoms with E-state index in [1.807, 2.05) is 0 Å². The van der Waals surface area contributed by atoms with Crippen molar-refractivity contribution in [2.75, 3.05) is 11.9 Å². The summed E-state index contributed by atoms with van der Waals surface area (Å²) in [5, 5.41) is 6.05. The molecular formula is C11H14N6O. The average Bonchev–Trinajstić information content (AvgIpc) is 2.77. The number of hydrogen-bond donors (Lipinski definition) is 3. The molecule has 1 saturated heterocycles. The van der Waals surface area contributed by atoms with Crippen molar-refractivity contribution in [2.45, 2.75) is 25.3 Å². The molecule has 0 aliphatic carbocycles. The summed E-state index contributed by atoms with van der Waals surface area (Å²) in [6, 6.07) is -0.242. The Morgan fingerprint density at radius 3 is 3.17 bits per heavy atom. The monoisotopic (exact) mass is 246 g/mol. The summed E-state index contributed by atoms with van der Waals surface area (Å²) in [5.74, 6) is 0.651. The van der Waals surface area contributed by atoms with Gasteiger partial charge < -0.3 is 15.6 Å². The molecule has 3 N–H and O–H groups in total. The molecule has 1 aliphatic heterocycles. The van der Waals surface area contributed by atoms with Crippen LogP contribution in [0.3, 0.4) is 0 Å². The maximum absolute atomic E-state index is 11.9. The lowest BCUT2D eigenvalue weighted by Gasteiger charge is -2.15. The number of nitrogens with zero attached hydrogens (tertiary/aromatic N) is 3. The number of carbonyl (C=O) groups is 1. The fraction of sp³-hybridized carbons (Fsp3) is 0.455. The van der Waals surface area contributed by atoms with Gasteiger partial charge in [0.25, 0.3) is 0 Å². The van der Waals surface area contributed by atoms with Gasteiger partial charge in [-0.05, 0) is 19.3 Å². The van der Waals surface area contributed by atoms with Crippen LogP contribution in [0.4, 0.5) is 5.82 Å². The minimum Gasteiger partial charge on any atom is -0.356 e. The standard InChI is InChI=1S/C11H14N6O/c18-11-7(3-1-2-4-12-11)17-10-8-9(14-5-13-8)15-6-16-10/h5-7H,1-4H2,(H,12,18)(H2,13,14,15,16,17)/t7-/m0/s1. The number of H-pyrrole nitrogens is 1. The molecule has 2 aromatic rings. The van der Waals surface area contributed by atoms with Gasteiger partial charge in [-0.3, -0.25) is 4.79 Å². The third-order valence-electron chi connectivity index (χ3n) is 3.07. The number of rotatable bonds is 2. The Balaban J connectivity index is 1.86. The van der Waals surface area contributed by atoms with E-state index in [0.717, 1.165) is 31.3 Å². The van der Waals surface area contributed by atoms with E-state index in [1.54, 1.807) is 6.33 Å². The average molecular weight is 246 g/mol. The van der Waals surface area contributed by atoms with Gasteiger partial charge in [0, 0.05) is 6.54 Å². The highest BCUT2D eigenvalue weighted by atomic mass is 16.2. The van der Waals surface area contributed by atoms with E-state index in [9.17, 15) is 4.79 Å². The Morgan fingerprint density at radius 2 is 2.22 bits per heavy atom. The molecule has 7 nitrogen and oxygen atoms in total. The van der Waals surface area contributed by atoms with Crippen LogP contribution in [0.25, 0.3) is 11.2 Å². The molecule has 7 heteroatoms. The van der Waals surface area contributed by atoms with Gasteiger partial charge in [0.1, 0.15) is 17.9 Å². The molecule has 0 spiro atoms. The molecule has 3 heterocycles. The largest absolute Gasteiger partial charge is 0.356 e. The summed E-state index contributed by atoms with van der Waals surface area (Å²) >= 11 is 0. The summed E-state index contributed by atoms with van der Waals surface area (Å²) in [6.07, 6.45) is 5.87. The van der Waals surface area contributed by atoms with Gasteiger partial charge in [0.2, 0.25) is 5.91 Å². The van der Waals surface area contributed by atoms with E-state index < -0.39 is 0 Å². The van der Waals surface area contributed by atoms with Gasteiger partial charge in [-0.25, -0.2) is 15.0 Å². The van der Waals surface area contributed by atoms with Crippen molar-refractivity contribution in [1.29, 1.82) is 0 Å². The lowest BCUT2D eigenvalue weighted by atomic mass is 10.1. The molecule has 0 unspecified atom stereocenters. The fourth-order valence-electron chi connectivity index (χ4n) is 2.12. The molecule has 94 valence electrons. The molecule has 1 aliphatic rings. The Hall–Kier alpha value is -2.18. The lowest BCUT2D eigenvalue weighted by Crippen LogP contribution is -2.38. The number of anilines is 1. The first kappa shape index (κ1) is 10.9. The predicted octanol–water partition coefficient (Wildman–Crippen LogP) is 0.433. The lowest BCUT2D eigenvalue weighted by molar-refractivity contribution is -0.121. The van der Waals surface area contributed by atoms with Crippen LogP contribution in [0.2, 0.25) is 0 Å². The summed E-state index contributed by atoms with van der Waals surface area (Å²) < 4.78 is 0. The zero-order valence-corrected chi connectivity index (χ0v) is 9.81. The number of amides is 1. The first-order valence-corrected chi connectivity index (χ1v) is 6.03. The number of aromatic amines is 1. The minimum absolute atomic E-state index is 0.0266. The van der Waals surface area contributed by atoms with Crippen molar-refractivity contribution < 1.29 is 4.79 Å². The van der Waals surface area contributed by atoms with E-state index in [2.05, 4.69) is 30.6 Å². The highest BCUT2D eigenvalue weighted by Crippen LogP contribution is 2.17. The molecule has 0 bridgehead atoms. The van der Waals surface area contributed by atoms with Crippen LogP contribution in [0, 0.1) is 0 Å². The third-order valence-corrected chi connectivity index (χ3v) is 3.07. The number of carbonyl (C=O) groups excluding carboxylic acids is 1. The molecule has 1 fully saturated rings. The van der Waals surface area contributed by atoms with Crippen molar-refractivity contribution >= 4 is 22.9 Å². The summed E-state index contributed by atoms with van der Waals surface area (Å²) in [5.41, 5.74) is 1.33. The van der Waals surface area contributed by atoms with Gasteiger partial charge in [0.15, 0.2) is 11.5 Å². The van der Waals surface area contributed by atoms with Gasteiger partial charge in [0.05, 0.1) is 6.33 Å². The fourth-order valence-corrected chi connectivity index (χ4v) is 2.12. The Bertz CT molecular complexity index is 565. The number of imidazole rings is 1. The van der Waals surface area contributed by atoms with Crippen molar-refractivity contribution in [1.82, 2.24) is 25.3 Å². The highest BCUT2D eigenvalue weighted by Gasteiger charge is 2.21. The van der Waals surface area contributed by atoms with E-state index in [0.29, 0.717) is 11.5 Å². The van der Waals surface area contributed by atoms with Gasteiger partial charge >= 0.3 is 0 Å². The molecule has 0 radical (unpaired) electrons. The number of nitrogens with one attached hydrogen (secondary N) is 3. The zero-order chi connectivity index (χ0) is 12.4. The van der Waals surface area contributed by atoms with E-state index in [4.69, 9.17) is 0 Å². The minimum atomic E-state index is -0.242. The molecule has 0 saturated carbocycles. The van der Waals surface area contributed by atoms with Crippen LogP contribution in [-0.2, 0) is 4.79 Å². The van der Waals surface area contributed by atoms with Crippen LogP contribution in [0.5, 0.6) is 0 Å². The maximum Gasteiger partial charge on any atom is 0.242 e. The third kappa shape index (κ3) is 1.99. The summed E-state index contributed by atoms with van der Waals surface area (Å²) in [7, 11) is 0. The van der Waals surface area contributed by atoms with Crippen LogP contribution in [0.1, 0.15) is 19.3 Å². The predicted molar refractivity (Wildman–Crippen MR) is 66.0 cm³/mol. The van der Waals surface area contributed by atoms with E-state index >= 15 is 0 Å². The van der Waals surface area contributed by atoms with Crippen LogP contribution < -0.4 is 10.6 Å². The van der Waals surface area contributed by atoms with E-state index in [1.165, 1.54) is 6.33 Å². The Kier molecular flexibility index (Phi) is 2.79. The van der Waals surface area contributed by atoms with Gasteiger partial charge in [-0.2, -0.15) is 0 Å². The van der Waals surface area contributed by atoms with E-state index in [-0.39, 0.29) is 11.9 Å². The Labute approximate surface area is 103 Å². The summed E-state index contributed by atoms with van der Waals surface area (Å²) in [4.78, 5) is 27.1. The number of aromatic nitrogens is 4. The van der Waals surface area contributed by atoms with Crippen molar-refractivity contribution in [2.24, 2.45) is 0 Å². The Morgan fingerprint density at radius 1 is 1.28 bits per heavy atom. The van der Waals surface area contributed by atoms with Crippen LogP contribution >= 0.6 is 0 Å². The van der Waals surface area contributed by atoms with Gasteiger partial charge in [-0.15, -0.1) is 0 Å². The van der Waals surface area contributed by atoms with Crippen LogP contribution in [0.15, 0.2) is 12.7 Å². The molecule has 2 aromatic heterocycles. The smallest absolute Gasteiger partial charge is 0.242 e. The number of hydrogen-bond acceptors (Lipinski definition) is 5. The number of fused-ring (bicyclic) bond motifs is 1. The van der Waals surface area contributed by atoms with Crippen molar-refractivity contribution in [3.05, 3.63) is 12.7 Å². The zero-order valence-electron chi connectivity index (χ0n) is 9.81. The summed E-state index contributed by atoms with van der Waals surface area (Å²) in [6.45, 7) is 0.750. The highest BCUT2D eigenvalue weighted by molar-refractivity contribution is 5.88. The molecule has 0 aromatic carbocycles.